The highest BCUT2D eigenvalue weighted by Crippen LogP contribution is 2.23. The van der Waals surface area contributed by atoms with Crippen molar-refractivity contribution in [2.75, 3.05) is 20.3 Å². The van der Waals surface area contributed by atoms with Gasteiger partial charge in [0.25, 0.3) is 5.91 Å². The van der Waals surface area contributed by atoms with Gasteiger partial charge in [0.05, 0.1) is 19.8 Å². The summed E-state index contributed by atoms with van der Waals surface area (Å²) >= 11 is 0. The van der Waals surface area contributed by atoms with Gasteiger partial charge in [-0.05, 0) is 133 Å². The minimum absolute atomic E-state index is 0.0230. The highest BCUT2D eigenvalue weighted by molar-refractivity contribution is 5.82. The molecule has 0 unspecified atom stereocenters. The van der Waals surface area contributed by atoms with Gasteiger partial charge in [0.1, 0.15) is 11.5 Å². The predicted octanol–water partition coefficient (Wildman–Crippen LogP) is 7.13. The number of nitrogens with zero attached hydrogens (tertiary/aromatic N) is 2. The number of carbonyl (C=O) groups is 5. The predicted molar refractivity (Wildman–Crippen MR) is 210 cm³/mol. The first kappa shape index (κ1) is 44.8. The van der Waals surface area contributed by atoms with Gasteiger partial charge in [-0.2, -0.15) is 5.01 Å². The zero-order chi connectivity index (χ0) is 41.5. The number of urea groups is 1. The molecule has 0 fully saturated rings. The average Bonchev–Trinajstić information content (AvgIpc) is 3.15. The monoisotopic (exact) mass is 775 g/mol. The lowest BCUT2D eigenvalue weighted by Crippen LogP contribution is -2.53. The first-order valence-corrected chi connectivity index (χ1v) is 19.0. The van der Waals surface area contributed by atoms with Crippen LogP contribution in [-0.4, -0.2) is 71.5 Å². The number of aryl methyl sites for hydroxylation is 4. The Morgan fingerprint density at radius 3 is 1.55 bits per heavy atom. The van der Waals surface area contributed by atoms with E-state index in [-0.39, 0.29) is 32.6 Å². The van der Waals surface area contributed by atoms with E-state index in [1.54, 1.807) is 65.8 Å². The fourth-order valence-electron chi connectivity index (χ4n) is 5.51. The SMILES string of the molecule is CCOC(=O)C(C)(C)Oc1ccc(CCCC(=O)ON(C(=O)CCCc2ccc(OC(C)(C)C(=O)OCC)cc2)N(Cc2ccc(C)c(C)c2)C(=O)NC)cc1. The number of hydrogen-bond donors (Lipinski definition) is 1. The molecule has 0 aliphatic heterocycles. The second-order valence-electron chi connectivity index (χ2n) is 14.3. The molecule has 0 heterocycles. The molecule has 0 aliphatic carbocycles. The molecule has 304 valence electrons. The van der Waals surface area contributed by atoms with Gasteiger partial charge in [0.15, 0.2) is 11.2 Å². The molecule has 0 aliphatic rings. The molecular formula is C43H57N3O10. The summed E-state index contributed by atoms with van der Waals surface area (Å²) in [4.78, 5) is 70.4. The van der Waals surface area contributed by atoms with Crippen molar-refractivity contribution in [3.05, 3.63) is 94.5 Å². The average molecular weight is 776 g/mol. The van der Waals surface area contributed by atoms with Crippen molar-refractivity contribution in [2.24, 2.45) is 0 Å². The van der Waals surface area contributed by atoms with Crippen LogP contribution in [-0.2, 0) is 52.9 Å². The minimum atomic E-state index is -1.16. The molecule has 0 aromatic heterocycles. The van der Waals surface area contributed by atoms with E-state index in [1.165, 1.54) is 7.05 Å². The zero-order valence-electron chi connectivity index (χ0n) is 34.2. The van der Waals surface area contributed by atoms with Crippen LogP contribution in [0, 0.1) is 13.8 Å². The maximum Gasteiger partial charge on any atom is 0.349 e. The fourth-order valence-corrected chi connectivity index (χ4v) is 5.51. The number of carbonyl (C=O) groups excluding carboxylic acids is 5. The Balaban J connectivity index is 1.68. The Morgan fingerprint density at radius 2 is 1.11 bits per heavy atom. The molecule has 3 rings (SSSR count). The Bertz CT molecular complexity index is 1790. The number of nitrogens with one attached hydrogen (secondary N) is 1. The molecule has 13 heteroatoms. The van der Waals surface area contributed by atoms with Crippen LogP contribution in [0.25, 0.3) is 0 Å². The molecule has 3 aromatic rings. The summed E-state index contributed by atoms with van der Waals surface area (Å²) in [6.45, 7) is 14.4. The Hall–Kier alpha value is -5.59. The van der Waals surface area contributed by atoms with Gasteiger partial charge >= 0.3 is 23.9 Å². The van der Waals surface area contributed by atoms with Gasteiger partial charge in [0, 0.05) is 19.9 Å². The number of amides is 3. The maximum absolute atomic E-state index is 13.8. The molecule has 13 nitrogen and oxygen atoms in total. The largest absolute Gasteiger partial charge is 0.476 e. The van der Waals surface area contributed by atoms with Crippen molar-refractivity contribution < 1.29 is 47.8 Å². The molecule has 0 spiro atoms. The van der Waals surface area contributed by atoms with Crippen LogP contribution in [0.2, 0.25) is 0 Å². The molecule has 3 aromatic carbocycles. The van der Waals surface area contributed by atoms with E-state index in [2.05, 4.69) is 5.32 Å². The number of hydroxylamine groups is 1. The summed E-state index contributed by atoms with van der Waals surface area (Å²) in [5.74, 6) is -1.18. The second kappa shape index (κ2) is 20.9. The third-order valence-electron chi connectivity index (χ3n) is 8.80. The number of benzene rings is 3. The number of rotatable bonds is 18. The van der Waals surface area contributed by atoms with Gasteiger partial charge in [0.2, 0.25) is 0 Å². The summed E-state index contributed by atoms with van der Waals surface area (Å²) in [6.07, 6.45) is 1.78. The topological polar surface area (TPSA) is 150 Å². The normalized spacial score (nSPS) is 11.2. The van der Waals surface area contributed by atoms with Gasteiger partial charge in [-0.25, -0.2) is 19.2 Å². The summed E-state index contributed by atoms with van der Waals surface area (Å²) in [5.41, 5.74) is 2.36. The quantitative estimate of drug-likeness (QED) is 0.104. The van der Waals surface area contributed by atoms with E-state index in [9.17, 15) is 24.0 Å². The van der Waals surface area contributed by atoms with Crippen LogP contribution < -0.4 is 14.8 Å². The minimum Gasteiger partial charge on any atom is -0.476 e. The van der Waals surface area contributed by atoms with Crippen LogP contribution in [0.1, 0.15) is 95.0 Å². The van der Waals surface area contributed by atoms with E-state index in [0.717, 1.165) is 38.0 Å². The van der Waals surface area contributed by atoms with E-state index < -0.39 is 41.0 Å². The molecule has 0 bridgehead atoms. The summed E-state index contributed by atoms with van der Waals surface area (Å²) in [5, 5.41) is 4.43. The molecule has 1 N–H and O–H groups in total. The smallest absolute Gasteiger partial charge is 0.349 e. The number of ether oxygens (including phenoxy) is 4. The van der Waals surface area contributed by atoms with Crippen molar-refractivity contribution in [3.8, 4) is 11.5 Å². The first-order chi connectivity index (χ1) is 26.5. The molecule has 56 heavy (non-hydrogen) atoms. The van der Waals surface area contributed by atoms with E-state index in [4.69, 9.17) is 23.8 Å². The number of esters is 2. The lowest BCUT2D eigenvalue weighted by Gasteiger charge is -2.32. The van der Waals surface area contributed by atoms with E-state index in [0.29, 0.717) is 37.2 Å². The highest BCUT2D eigenvalue weighted by Gasteiger charge is 2.33. The van der Waals surface area contributed by atoms with Crippen LogP contribution in [0.3, 0.4) is 0 Å². The van der Waals surface area contributed by atoms with Gasteiger partial charge in [-0.3, -0.25) is 4.79 Å². The Kier molecular flexibility index (Phi) is 16.7. The van der Waals surface area contributed by atoms with Gasteiger partial charge in [-0.15, -0.1) is 0 Å². The zero-order valence-corrected chi connectivity index (χ0v) is 34.2. The lowest BCUT2D eigenvalue weighted by atomic mass is 10.1. The molecule has 0 atom stereocenters. The third kappa shape index (κ3) is 13.6. The van der Waals surface area contributed by atoms with Crippen LogP contribution in [0.15, 0.2) is 66.7 Å². The highest BCUT2D eigenvalue weighted by atomic mass is 16.8. The van der Waals surface area contributed by atoms with Crippen molar-refractivity contribution in [3.63, 3.8) is 0 Å². The Morgan fingerprint density at radius 1 is 0.643 bits per heavy atom. The van der Waals surface area contributed by atoms with Gasteiger partial charge < -0.3 is 29.1 Å². The lowest BCUT2D eigenvalue weighted by molar-refractivity contribution is -0.246. The van der Waals surface area contributed by atoms with Crippen LogP contribution >= 0.6 is 0 Å². The molecule has 3 amide bonds. The van der Waals surface area contributed by atoms with Gasteiger partial charge in [-0.1, -0.05) is 47.6 Å². The summed E-state index contributed by atoms with van der Waals surface area (Å²) in [7, 11) is 1.44. The van der Waals surface area contributed by atoms with Crippen molar-refractivity contribution in [1.29, 1.82) is 0 Å². The second-order valence-corrected chi connectivity index (χ2v) is 14.3. The summed E-state index contributed by atoms with van der Waals surface area (Å²) in [6, 6.07) is 19.5. The standard InChI is InChI=1S/C43H57N3O10/c1-10-52-39(49)42(5,6)54-35-24-20-32(21-25-35)14-12-16-37(47)46(45(41(51)44-9)29-34-19-18-30(3)31(4)28-34)56-38(48)17-13-15-33-22-26-36(27-23-33)55-43(7,8)40(50)53-11-2/h18-28H,10-17,29H2,1-9H3,(H,44,51). The number of hydrazine groups is 1. The van der Waals surface area contributed by atoms with Crippen molar-refractivity contribution in [2.45, 2.75) is 112 Å². The molecule has 0 saturated heterocycles. The molecule has 0 radical (unpaired) electrons. The molecular weight excluding hydrogens is 718 g/mol. The van der Waals surface area contributed by atoms with Crippen molar-refractivity contribution in [1.82, 2.24) is 15.5 Å². The van der Waals surface area contributed by atoms with E-state index >= 15 is 0 Å². The fraction of sp³-hybridized carbons (Fsp3) is 0.465. The number of hydrogen-bond acceptors (Lipinski definition) is 10. The maximum atomic E-state index is 13.8. The molecule has 0 saturated carbocycles. The third-order valence-corrected chi connectivity index (χ3v) is 8.80. The van der Waals surface area contributed by atoms with Crippen LogP contribution in [0.4, 0.5) is 4.79 Å². The summed E-state index contributed by atoms with van der Waals surface area (Å²) < 4.78 is 21.9. The van der Waals surface area contributed by atoms with Crippen molar-refractivity contribution >= 4 is 29.8 Å². The van der Waals surface area contributed by atoms with E-state index in [1.807, 2.05) is 56.3 Å². The van der Waals surface area contributed by atoms with Crippen LogP contribution in [0.5, 0.6) is 11.5 Å². The Labute approximate surface area is 330 Å². The first-order valence-electron chi connectivity index (χ1n) is 19.0.